The Morgan fingerprint density at radius 2 is 1.95 bits per heavy atom. The summed E-state index contributed by atoms with van der Waals surface area (Å²) in [6.07, 6.45) is 2.06. The van der Waals surface area contributed by atoms with Crippen LogP contribution in [-0.2, 0) is 9.63 Å². The number of rotatable bonds is 8. The maximum absolute atomic E-state index is 11.6. The third kappa shape index (κ3) is 5.87. The van der Waals surface area contributed by atoms with Gasteiger partial charge in [0.05, 0.1) is 6.61 Å². The average Bonchev–Trinajstić information content (AvgIpc) is 2.39. The van der Waals surface area contributed by atoms with Gasteiger partial charge in [0.15, 0.2) is 6.61 Å². The minimum absolute atomic E-state index is 0.357. The molecule has 0 aliphatic rings. The number of hydrogen-bond acceptors (Lipinski definition) is 4. The Labute approximate surface area is 111 Å². The summed E-state index contributed by atoms with van der Waals surface area (Å²) in [5.74, 6) is -0.385. The van der Waals surface area contributed by atoms with Crippen LogP contribution in [0, 0.1) is 0 Å². The first kappa shape index (κ1) is 15.0. The zero-order valence-corrected chi connectivity index (χ0v) is 10.8. The van der Waals surface area contributed by atoms with Gasteiger partial charge in [-0.15, -0.1) is 0 Å². The van der Waals surface area contributed by atoms with Crippen LogP contribution in [0.5, 0.6) is 5.75 Å². The van der Waals surface area contributed by atoms with Crippen LogP contribution in [0.25, 0.3) is 0 Å². The number of carbonyl (C=O) groups is 2. The molecule has 1 aromatic rings. The summed E-state index contributed by atoms with van der Waals surface area (Å²) in [7, 11) is 0. The van der Waals surface area contributed by atoms with E-state index in [1.807, 2.05) is 0 Å². The van der Waals surface area contributed by atoms with Crippen molar-refractivity contribution in [2.75, 3.05) is 13.2 Å². The normalized spacial score (nSPS) is 9.95. The highest BCUT2D eigenvalue weighted by molar-refractivity contribution is 5.93. The van der Waals surface area contributed by atoms with Gasteiger partial charge in [-0.3, -0.25) is 14.4 Å². The molecule has 6 heteroatoms. The van der Waals surface area contributed by atoms with Crippen LogP contribution in [0.1, 0.15) is 30.1 Å². The molecule has 2 amide bonds. The fraction of sp³-hybridized carbons (Fsp3) is 0.385. The minimum Gasteiger partial charge on any atom is -0.494 e. The van der Waals surface area contributed by atoms with Crippen LogP contribution in [0.3, 0.4) is 0 Å². The molecule has 0 saturated carbocycles. The van der Waals surface area contributed by atoms with Crippen LogP contribution >= 0.6 is 0 Å². The summed E-state index contributed by atoms with van der Waals surface area (Å²) in [5, 5.41) is 0. The molecular formula is C13H18N2O4. The lowest BCUT2D eigenvalue weighted by Gasteiger charge is -2.07. The largest absolute Gasteiger partial charge is 0.494 e. The first-order chi connectivity index (χ1) is 9.13. The lowest BCUT2D eigenvalue weighted by atomic mass is 10.2. The van der Waals surface area contributed by atoms with E-state index in [0.29, 0.717) is 17.9 Å². The lowest BCUT2D eigenvalue weighted by Crippen LogP contribution is -2.29. The van der Waals surface area contributed by atoms with E-state index in [0.717, 1.165) is 12.8 Å². The van der Waals surface area contributed by atoms with Gasteiger partial charge in [-0.1, -0.05) is 13.3 Å². The number of carbonyl (C=O) groups excluding carboxylic acids is 2. The number of nitrogens with one attached hydrogen (secondary N) is 1. The highest BCUT2D eigenvalue weighted by Crippen LogP contribution is 2.12. The van der Waals surface area contributed by atoms with Crippen molar-refractivity contribution in [2.45, 2.75) is 19.8 Å². The molecule has 0 aromatic heterocycles. The van der Waals surface area contributed by atoms with Gasteiger partial charge in [-0.2, -0.15) is 0 Å². The number of hydroxylamine groups is 1. The molecular weight excluding hydrogens is 248 g/mol. The van der Waals surface area contributed by atoms with E-state index in [2.05, 4.69) is 17.2 Å². The van der Waals surface area contributed by atoms with E-state index in [1.54, 1.807) is 24.3 Å². The number of hydrogen-bond donors (Lipinski definition) is 2. The maximum Gasteiger partial charge on any atom is 0.274 e. The lowest BCUT2D eigenvalue weighted by molar-refractivity contribution is -0.124. The number of benzene rings is 1. The summed E-state index contributed by atoms with van der Waals surface area (Å²) in [5.41, 5.74) is 7.39. The quantitative estimate of drug-likeness (QED) is 0.542. The molecule has 0 radical (unpaired) electrons. The van der Waals surface area contributed by atoms with Crippen molar-refractivity contribution in [1.82, 2.24) is 5.48 Å². The van der Waals surface area contributed by atoms with Gasteiger partial charge < -0.3 is 10.5 Å². The monoisotopic (exact) mass is 266 g/mol. The molecule has 0 fully saturated rings. The van der Waals surface area contributed by atoms with Gasteiger partial charge in [0.1, 0.15) is 5.75 Å². The third-order valence-electron chi connectivity index (χ3n) is 2.26. The third-order valence-corrected chi connectivity index (χ3v) is 2.26. The first-order valence-corrected chi connectivity index (χ1v) is 6.06. The van der Waals surface area contributed by atoms with Crippen molar-refractivity contribution < 1.29 is 19.2 Å². The van der Waals surface area contributed by atoms with E-state index in [4.69, 9.17) is 10.5 Å². The predicted molar refractivity (Wildman–Crippen MR) is 69.5 cm³/mol. The predicted octanol–water partition coefficient (Wildman–Crippen LogP) is 1.01. The van der Waals surface area contributed by atoms with Crippen molar-refractivity contribution in [3.05, 3.63) is 29.8 Å². The summed E-state index contributed by atoms with van der Waals surface area (Å²) in [4.78, 5) is 26.6. The van der Waals surface area contributed by atoms with Crippen LogP contribution in [0.2, 0.25) is 0 Å². The summed E-state index contributed by atoms with van der Waals surface area (Å²) in [6, 6.07) is 6.64. The number of nitrogens with two attached hydrogens (primary N) is 1. The molecule has 1 rings (SSSR count). The van der Waals surface area contributed by atoms with E-state index < -0.39 is 11.8 Å². The fourth-order valence-electron chi connectivity index (χ4n) is 1.27. The van der Waals surface area contributed by atoms with Crippen LogP contribution in [0.4, 0.5) is 0 Å². The molecule has 0 bridgehead atoms. The molecule has 19 heavy (non-hydrogen) atoms. The first-order valence-electron chi connectivity index (χ1n) is 6.06. The van der Waals surface area contributed by atoms with Crippen molar-refractivity contribution in [3.8, 4) is 5.75 Å². The van der Waals surface area contributed by atoms with E-state index in [9.17, 15) is 9.59 Å². The van der Waals surface area contributed by atoms with Crippen molar-refractivity contribution in [3.63, 3.8) is 0 Å². The Hall–Kier alpha value is -2.08. The van der Waals surface area contributed by atoms with Gasteiger partial charge in [0.2, 0.25) is 5.91 Å². The average molecular weight is 266 g/mol. The Morgan fingerprint density at radius 1 is 1.26 bits per heavy atom. The number of amides is 2. The van der Waals surface area contributed by atoms with E-state index in [1.165, 1.54) is 0 Å². The molecule has 0 unspecified atom stereocenters. The maximum atomic E-state index is 11.6. The van der Waals surface area contributed by atoms with Crippen molar-refractivity contribution in [2.24, 2.45) is 5.73 Å². The van der Waals surface area contributed by atoms with Gasteiger partial charge in [0.25, 0.3) is 5.91 Å². The molecule has 104 valence electrons. The van der Waals surface area contributed by atoms with Crippen molar-refractivity contribution in [1.29, 1.82) is 0 Å². The molecule has 0 saturated heterocycles. The van der Waals surface area contributed by atoms with Gasteiger partial charge in [0, 0.05) is 5.56 Å². The number of primary amides is 1. The second-order valence-electron chi connectivity index (χ2n) is 3.91. The minimum atomic E-state index is -0.653. The zero-order chi connectivity index (χ0) is 14.1. The second-order valence-corrected chi connectivity index (χ2v) is 3.91. The smallest absolute Gasteiger partial charge is 0.274 e. The molecule has 0 aliphatic carbocycles. The molecule has 6 nitrogen and oxygen atoms in total. The number of unbranched alkanes of at least 4 members (excludes halogenated alkanes) is 1. The van der Waals surface area contributed by atoms with Gasteiger partial charge >= 0.3 is 0 Å². The van der Waals surface area contributed by atoms with E-state index in [-0.39, 0.29) is 6.61 Å². The Balaban J connectivity index is 2.41. The summed E-state index contributed by atoms with van der Waals surface area (Å²) >= 11 is 0. The molecule has 0 spiro atoms. The molecule has 1 aromatic carbocycles. The van der Waals surface area contributed by atoms with Crippen LogP contribution < -0.4 is 16.0 Å². The van der Waals surface area contributed by atoms with Crippen LogP contribution in [-0.4, -0.2) is 25.0 Å². The van der Waals surface area contributed by atoms with Gasteiger partial charge in [-0.25, -0.2) is 5.48 Å². The Morgan fingerprint density at radius 3 is 2.53 bits per heavy atom. The highest BCUT2D eigenvalue weighted by Gasteiger charge is 2.06. The molecule has 0 aliphatic heterocycles. The van der Waals surface area contributed by atoms with Gasteiger partial charge in [-0.05, 0) is 30.7 Å². The van der Waals surface area contributed by atoms with E-state index >= 15 is 0 Å². The van der Waals surface area contributed by atoms with Crippen molar-refractivity contribution >= 4 is 11.8 Å². The topological polar surface area (TPSA) is 90.7 Å². The SMILES string of the molecule is CCCCOc1ccc(C(=O)NOCC(N)=O)cc1. The fourth-order valence-corrected chi connectivity index (χ4v) is 1.27. The Bertz CT molecular complexity index is 417. The Kier molecular flexibility index (Phi) is 6.38. The molecule has 3 N–H and O–H groups in total. The molecule has 0 atom stereocenters. The standard InChI is InChI=1S/C13H18N2O4/c1-2-3-8-18-11-6-4-10(5-7-11)13(17)15-19-9-12(14)16/h4-7H,2-3,8-9H2,1H3,(H2,14,16)(H,15,17). The second kappa shape index (κ2) is 8.10. The highest BCUT2D eigenvalue weighted by atomic mass is 16.7. The van der Waals surface area contributed by atoms with Crippen LogP contribution in [0.15, 0.2) is 24.3 Å². The molecule has 0 heterocycles. The summed E-state index contributed by atoms with van der Waals surface area (Å²) < 4.78 is 5.47. The zero-order valence-electron chi connectivity index (χ0n) is 10.8. The summed E-state index contributed by atoms with van der Waals surface area (Å²) in [6.45, 7) is 2.39. The number of ether oxygens (including phenoxy) is 1.